The van der Waals surface area contributed by atoms with Crippen LogP contribution in [0.25, 0.3) is 0 Å². The zero-order chi connectivity index (χ0) is 25.0. The van der Waals surface area contributed by atoms with Crippen molar-refractivity contribution in [2.45, 2.75) is 30.8 Å². The summed E-state index contributed by atoms with van der Waals surface area (Å²) < 4.78 is 39.7. The molecule has 1 N–H and O–H groups in total. The summed E-state index contributed by atoms with van der Waals surface area (Å²) in [6, 6.07) is 20.5. The van der Waals surface area contributed by atoms with E-state index in [1.165, 1.54) is 22.5 Å². The van der Waals surface area contributed by atoms with Gasteiger partial charge >= 0.3 is 0 Å². The maximum absolute atomic E-state index is 13.4. The summed E-state index contributed by atoms with van der Waals surface area (Å²) >= 11 is 6.13. The lowest BCUT2D eigenvalue weighted by Gasteiger charge is -2.34. The van der Waals surface area contributed by atoms with Crippen molar-refractivity contribution in [3.8, 4) is 11.5 Å². The predicted molar refractivity (Wildman–Crippen MR) is 136 cm³/mol. The Labute approximate surface area is 210 Å². The summed E-state index contributed by atoms with van der Waals surface area (Å²) in [5.74, 6) is 0.918. The monoisotopic (exact) mass is 514 g/mol. The molecular weight excluding hydrogens is 488 g/mol. The third-order valence-corrected chi connectivity index (χ3v) is 7.64. The van der Waals surface area contributed by atoms with Crippen LogP contribution >= 0.6 is 11.6 Å². The molecule has 0 radical (unpaired) electrons. The molecule has 1 aliphatic rings. The summed E-state index contributed by atoms with van der Waals surface area (Å²) in [5, 5.41) is 3.15. The van der Waals surface area contributed by atoms with Crippen molar-refractivity contribution >= 4 is 33.2 Å². The minimum atomic E-state index is -3.94. The number of carbonyl (C=O) groups is 1. The minimum absolute atomic E-state index is 0.115. The fraction of sp³-hybridized carbons (Fsp3) is 0.269. The van der Waals surface area contributed by atoms with Crippen molar-refractivity contribution in [1.29, 1.82) is 0 Å². The number of nitrogens with one attached hydrogen (secondary N) is 1. The van der Waals surface area contributed by atoms with Crippen molar-refractivity contribution < 1.29 is 22.7 Å². The standard InChI is InChI=1S/C26H27ClN2O5S/c1-18(2)21-10-6-7-11-23(21)33-15-14-28-26(30)25-17-29(22-16-19(27)12-13-24(22)34-25)35(31,32)20-8-4-3-5-9-20/h3-13,16,18,25H,14-15,17H2,1-2H3,(H,28,30). The second-order valence-electron chi connectivity index (χ2n) is 8.40. The number of rotatable bonds is 8. The number of carbonyl (C=O) groups excluding carboxylic acids is 1. The third-order valence-electron chi connectivity index (χ3n) is 5.61. The molecule has 184 valence electrons. The van der Waals surface area contributed by atoms with Gasteiger partial charge in [0.05, 0.1) is 23.7 Å². The number of halogens is 1. The van der Waals surface area contributed by atoms with Gasteiger partial charge in [-0.1, -0.05) is 61.8 Å². The van der Waals surface area contributed by atoms with Gasteiger partial charge in [0.15, 0.2) is 6.10 Å². The first-order valence-corrected chi connectivity index (χ1v) is 13.1. The molecule has 0 spiro atoms. The molecule has 0 saturated heterocycles. The number of anilines is 1. The van der Waals surface area contributed by atoms with Crippen LogP contribution in [0.15, 0.2) is 77.7 Å². The smallest absolute Gasteiger partial charge is 0.264 e. The molecule has 0 bridgehead atoms. The Bertz CT molecular complexity index is 1300. The molecule has 35 heavy (non-hydrogen) atoms. The lowest BCUT2D eigenvalue weighted by Crippen LogP contribution is -2.51. The van der Waals surface area contributed by atoms with E-state index in [0.29, 0.717) is 16.6 Å². The van der Waals surface area contributed by atoms with Gasteiger partial charge in [-0.25, -0.2) is 8.42 Å². The van der Waals surface area contributed by atoms with E-state index in [1.807, 2.05) is 24.3 Å². The molecule has 0 aliphatic carbocycles. The lowest BCUT2D eigenvalue weighted by atomic mass is 10.0. The molecule has 7 nitrogen and oxygen atoms in total. The van der Waals surface area contributed by atoms with E-state index in [1.54, 1.807) is 30.3 Å². The number of nitrogens with zero attached hydrogens (tertiary/aromatic N) is 1. The van der Waals surface area contributed by atoms with Crippen LogP contribution in [0.2, 0.25) is 5.02 Å². The Morgan fingerprint density at radius 1 is 1.11 bits per heavy atom. The molecule has 1 aliphatic heterocycles. The van der Waals surface area contributed by atoms with Crippen LogP contribution in [-0.2, 0) is 14.8 Å². The van der Waals surface area contributed by atoms with Crippen LogP contribution in [0.3, 0.4) is 0 Å². The number of hydrogen-bond donors (Lipinski definition) is 1. The molecule has 0 saturated carbocycles. The molecule has 0 aromatic heterocycles. The SMILES string of the molecule is CC(C)c1ccccc1OCCNC(=O)C1CN(S(=O)(=O)c2ccccc2)c2cc(Cl)ccc2O1. The average molecular weight is 515 g/mol. The van der Waals surface area contributed by atoms with Gasteiger partial charge in [-0.3, -0.25) is 9.10 Å². The van der Waals surface area contributed by atoms with Gasteiger partial charge in [-0.05, 0) is 47.9 Å². The molecule has 4 rings (SSSR count). The first-order valence-electron chi connectivity index (χ1n) is 11.3. The number of fused-ring (bicyclic) bond motifs is 1. The summed E-state index contributed by atoms with van der Waals surface area (Å²) in [5.41, 5.74) is 1.38. The highest BCUT2D eigenvalue weighted by molar-refractivity contribution is 7.92. The van der Waals surface area contributed by atoms with Gasteiger partial charge in [-0.2, -0.15) is 0 Å². The molecule has 9 heteroatoms. The molecule has 3 aromatic carbocycles. The number of para-hydroxylation sites is 1. The Morgan fingerprint density at radius 3 is 2.57 bits per heavy atom. The zero-order valence-corrected chi connectivity index (χ0v) is 21.1. The number of ether oxygens (including phenoxy) is 2. The van der Waals surface area contributed by atoms with Gasteiger partial charge in [0.25, 0.3) is 15.9 Å². The maximum atomic E-state index is 13.4. The van der Waals surface area contributed by atoms with E-state index in [2.05, 4.69) is 19.2 Å². The van der Waals surface area contributed by atoms with Crippen molar-refractivity contribution in [3.05, 3.63) is 83.4 Å². The molecular formula is C26H27ClN2O5S. The molecule has 1 unspecified atom stereocenters. The second kappa shape index (κ2) is 10.6. The second-order valence-corrected chi connectivity index (χ2v) is 10.7. The van der Waals surface area contributed by atoms with Crippen LogP contribution in [0.4, 0.5) is 5.69 Å². The fourth-order valence-electron chi connectivity index (χ4n) is 3.85. The number of sulfonamides is 1. The number of hydrogen-bond acceptors (Lipinski definition) is 5. The first kappa shape index (κ1) is 24.9. The first-order chi connectivity index (χ1) is 16.8. The average Bonchev–Trinajstić information content (AvgIpc) is 2.86. The predicted octanol–water partition coefficient (Wildman–Crippen LogP) is 4.61. The van der Waals surface area contributed by atoms with Gasteiger partial charge in [0, 0.05) is 5.02 Å². The number of amides is 1. The van der Waals surface area contributed by atoms with Gasteiger partial charge in [-0.15, -0.1) is 0 Å². The zero-order valence-electron chi connectivity index (χ0n) is 19.5. The van der Waals surface area contributed by atoms with E-state index >= 15 is 0 Å². The topological polar surface area (TPSA) is 84.9 Å². The quantitative estimate of drug-likeness (QED) is 0.443. The van der Waals surface area contributed by atoms with Crippen LogP contribution in [0.1, 0.15) is 25.3 Å². The summed E-state index contributed by atoms with van der Waals surface area (Å²) in [4.78, 5) is 13.0. The summed E-state index contributed by atoms with van der Waals surface area (Å²) in [6.07, 6.45) is -1.04. The van der Waals surface area contributed by atoms with E-state index in [-0.39, 0.29) is 30.3 Å². The van der Waals surface area contributed by atoms with E-state index < -0.39 is 22.0 Å². The molecule has 0 fully saturated rings. The van der Waals surface area contributed by atoms with Gasteiger partial charge < -0.3 is 14.8 Å². The molecule has 1 heterocycles. The third kappa shape index (κ3) is 5.55. The largest absolute Gasteiger partial charge is 0.491 e. The van der Waals surface area contributed by atoms with Crippen molar-refractivity contribution in [2.24, 2.45) is 0 Å². The van der Waals surface area contributed by atoms with E-state index in [4.69, 9.17) is 21.1 Å². The molecule has 3 aromatic rings. The van der Waals surface area contributed by atoms with Gasteiger partial charge in [0.1, 0.15) is 18.1 Å². The Balaban J connectivity index is 1.47. The summed E-state index contributed by atoms with van der Waals surface area (Å²) in [6.45, 7) is 4.49. The highest BCUT2D eigenvalue weighted by Gasteiger charge is 2.37. The van der Waals surface area contributed by atoms with E-state index in [0.717, 1.165) is 11.3 Å². The summed E-state index contributed by atoms with van der Waals surface area (Å²) in [7, 11) is -3.94. The van der Waals surface area contributed by atoms with Crippen molar-refractivity contribution in [2.75, 3.05) is 24.0 Å². The molecule has 1 amide bonds. The Hall–Kier alpha value is -3.23. The highest BCUT2D eigenvalue weighted by atomic mass is 35.5. The van der Waals surface area contributed by atoms with Crippen LogP contribution < -0.4 is 19.1 Å². The Kier molecular flexibility index (Phi) is 7.52. The van der Waals surface area contributed by atoms with Crippen LogP contribution in [0, 0.1) is 0 Å². The van der Waals surface area contributed by atoms with Crippen LogP contribution in [0.5, 0.6) is 11.5 Å². The molecule has 1 atom stereocenters. The fourth-order valence-corrected chi connectivity index (χ4v) is 5.50. The number of benzene rings is 3. The minimum Gasteiger partial charge on any atom is -0.491 e. The van der Waals surface area contributed by atoms with Crippen LogP contribution in [-0.4, -0.2) is 40.1 Å². The highest BCUT2D eigenvalue weighted by Crippen LogP contribution is 2.38. The van der Waals surface area contributed by atoms with E-state index in [9.17, 15) is 13.2 Å². The normalized spacial score (nSPS) is 15.3. The van der Waals surface area contributed by atoms with Gasteiger partial charge in [0.2, 0.25) is 0 Å². The van der Waals surface area contributed by atoms with Crippen molar-refractivity contribution in [3.63, 3.8) is 0 Å². The van der Waals surface area contributed by atoms with Crippen molar-refractivity contribution in [1.82, 2.24) is 5.32 Å². The Morgan fingerprint density at radius 2 is 1.83 bits per heavy atom. The maximum Gasteiger partial charge on any atom is 0.264 e. The lowest BCUT2D eigenvalue weighted by molar-refractivity contribution is -0.127.